The van der Waals surface area contributed by atoms with Crippen LogP contribution in [0.15, 0.2) is 12.2 Å². The third-order valence-electron chi connectivity index (χ3n) is 1.81. The average molecular weight is 95.1 g/mol. The first-order valence-electron chi connectivity index (χ1n) is 2.87. The normalized spacial score (nSPS) is 45.7. The molecule has 1 heterocycles. The van der Waals surface area contributed by atoms with Crippen molar-refractivity contribution in [2.45, 2.75) is 12.5 Å². The Hall–Kier alpha value is -0.300. The van der Waals surface area contributed by atoms with Crippen molar-refractivity contribution in [3.63, 3.8) is 0 Å². The molecule has 0 amide bonds. The summed E-state index contributed by atoms with van der Waals surface area (Å²) in [4.78, 5) is 0. The van der Waals surface area contributed by atoms with Crippen LogP contribution in [0.1, 0.15) is 6.42 Å². The minimum atomic E-state index is 0.741. The summed E-state index contributed by atoms with van der Waals surface area (Å²) in [6.45, 7) is 1.22. The molecule has 0 aromatic carbocycles. The van der Waals surface area contributed by atoms with Gasteiger partial charge >= 0.3 is 0 Å². The summed E-state index contributed by atoms with van der Waals surface area (Å²) in [7, 11) is 0. The molecule has 1 nitrogen and oxygen atoms in total. The van der Waals surface area contributed by atoms with Gasteiger partial charge in [-0.3, -0.25) is 0 Å². The topological polar surface area (TPSA) is 12.0 Å². The highest BCUT2D eigenvalue weighted by Crippen LogP contribution is 2.22. The molecule has 2 aliphatic rings. The van der Waals surface area contributed by atoms with E-state index in [1.807, 2.05) is 0 Å². The number of hydrogen-bond acceptors (Lipinski definition) is 1. The molecule has 1 aliphatic carbocycles. The Morgan fingerprint density at radius 3 is 2.57 bits per heavy atom. The van der Waals surface area contributed by atoms with Gasteiger partial charge in [0.1, 0.15) is 0 Å². The van der Waals surface area contributed by atoms with Crippen LogP contribution in [-0.2, 0) is 0 Å². The third kappa shape index (κ3) is 0.416. The van der Waals surface area contributed by atoms with E-state index >= 15 is 0 Å². The summed E-state index contributed by atoms with van der Waals surface area (Å²) in [5.41, 5.74) is 0. The molecule has 0 saturated carbocycles. The second-order valence-corrected chi connectivity index (χ2v) is 2.40. The van der Waals surface area contributed by atoms with Crippen molar-refractivity contribution in [1.82, 2.24) is 5.32 Å². The van der Waals surface area contributed by atoms with Crippen LogP contribution in [-0.4, -0.2) is 12.6 Å². The number of hydrogen-bond donors (Lipinski definition) is 1. The van der Waals surface area contributed by atoms with Crippen molar-refractivity contribution in [3.8, 4) is 0 Å². The molecule has 1 unspecified atom stereocenters. The van der Waals surface area contributed by atoms with Crippen molar-refractivity contribution in [3.05, 3.63) is 12.2 Å². The first-order chi connectivity index (χ1) is 3.45. The van der Waals surface area contributed by atoms with Gasteiger partial charge in [0.2, 0.25) is 0 Å². The Morgan fingerprint density at radius 2 is 2.43 bits per heavy atom. The van der Waals surface area contributed by atoms with E-state index in [2.05, 4.69) is 17.5 Å². The quantitative estimate of drug-likeness (QED) is 0.433. The van der Waals surface area contributed by atoms with E-state index in [1.165, 1.54) is 13.0 Å². The van der Waals surface area contributed by atoms with Gasteiger partial charge in [-0.15, -0.1) is 0 Å². The van der Waals surface area contributed by atoms with Crippen molar-refractivity contribution < 1.29 is 0 Å². The monoisotopic (exact) mass is 95.1 g/mol. The number of rotatable bonds is 0. The molecule has 1 heteroatoms. The molecular weight excluding hydrogens is 86.1 g/mol. The molecule has 0 radical (unpaired) electrons. The Labute approximate surface area is 43.4 Å². The molecular formula is C6H9N. The van der Waals surface area contributed by atoms with Gasteiger partial charge in [0.05, 0.1) is 0 Å². The van der Waals surface area contributed by atoms with Gasteiger partial charge in [-0.05, 0) is 12.3 Å². The second kappa shape index (κ2) is 1.10. The Morgan fingerprint density at radius 1 is 1.43 bits per heavy atom. The van der Waals surface area contributed by atoms with Gasteiger partial charge in [-0.2, -0.15) is 0 Å². The minimum absolute atomic E-state index is 0.741. The summed E-state index contributed by atoms with van der Waals surface area (Å²) in [6.07, 6.45) is 5.95. The smallest absolute Gasteiger partial charge is 0.0256 e. The fraction of sp³-hybridized carbons (Fsp3) is 0.667. The van der Waals surface area contributed by atoms with E-state index in [0.717, 1.165) is 12.0 Å². The minimum Gasteiger partial charge on any atom is -0.310 e. The standard InChI is InChI=1S/C6H9N/c1-2-6-3-5(1)4-7-6/h1-2,5-7H,3-4H2/t5?,6-/m1/s1. The summed E-state index contributed by atoms with van der Waals surface area (Å²) in [5.74, 6) is 0.880. The molecule has 7 heavy (non-hydrogen) atoms. The van der Waals surface area contributed by atoms with Crippen LogP contribution >= 0.6 is 0 Å². The fourth-order valence-corrected chi connectivity index (χ4v) is 1.38. The maximum atomic E-state index is 3.37. The second-order valence-electron chi connectivity index (χ2n) is 2.40. The van der Waals surface area contributed by atoms with Crippen LogP contribution in [0.5, 0.6) is 0 Å². The molecule has 0 spiro atoms. The zero-order valence-electron chi connectivity index (χ0n) is 4.22. The first-order valence-corrected chi connectivity index (χ1v) is 2.87. The summed E-state index contributed by atoms with van der Waals surface area (Å²) >= 11 is 0. The molecule has 1 aliphatic heterocycles. The summed E-state index contributed by atoms with van der Waals surface area (Å²) in [5, 5.41) is 3.37. The lowest BCUT2D eigenvalue weighted by Crippen LogP contribution is -2.20. The van der Waals surface area contributed by atoms with Gasteiger partial charge in [-0.1, -0.05) is 12.2 Å². The zero-order chi connectivity index (χ0) is 4.69. The van der Waals surface area contributed by atoms with E-state index in [4.69, 9.17) is 0 Å². The summed E-state index contributed by atoms with van der Waals surface area (Å²) < 4.78 is 0. The van der Waals surface area contributed by atoms with Gasteiger partial charge in [0.25, 0.3) is 0 Å². The molecule has 0 aromatic heterocycles. The number of fused-ring (bicyclic) bond motifs is 2. The largest absolute Gasteiger partial charge is 0.310 e. The predicted molar refractivity (Wildman–Crippen MR) is 29.0 cm³/mol. The third-order valence-corrected chi connectivity index (χ3v) is 1.81. The summed E-state index contributed by atoms with van der Waals surface area (Å²) in [6, 6.07) is 0.741. The van der Waals surface area contributed by atoms with E-state index in [9.17, 15) is 0 Å². The van der Waals surface area contributed by atoms with Crippen molar-refractivity contribution >= 4 is 0 Å². The van der Waals surface area contributed by atoms with Crippen LogP contribution in [0.2, 0.25) is 0 Å². The molecule has 2 rings (SSSR count). The SMILES string of the molecule is C1=C[C@@H]2CC1CN2. The van der Waals surface area contributed by atoms with Crippen molar-refractivity contribution in [2.24, 2.45) is 5.92 Å². The van der Waals surface area contributed by atoms with Gasteiger partial charge in [-0.25, -0.2) is 0 Å². The zero-order valence-corrected chi connectivity index (χ0v) is 4.22. The predicted octanol–water partition coefficient (Wildman–Crippen LogP) is 0.534. The maximum absolute atomic E-state index is 3.37. The van der Waals surface area contributed by atoms with E-state index in [-0.39, 0.29) is 0 Å². The molecule has 1 N–H and O–H groups in total. The molecule has 1 fully saturated rings. The Balaban J connectivity index is 2.27. The van der Waals surface area contributed by atoms with Gasteiger partial charge < -0.3 is 5.32 Å². The molecule has 2 atom stereocenters. The van der Waals surface area contributed by atoms with E-state index in [1.54, 1.807) is 0 Å². The first kappa shape index (κ1) is 3.67. The molecule has 1 saturated heterocycles. The van der Waals surface area contributed by atoms with Gasteiger partial charge in [0.15, 0.2) is 0 Å². The van der Waals surface area contributed by atoms with Crippen LogP contribution in [0.3, 0.4) is 0 Å². The van der Waals surface area contributed by atoms with E-state index in [0.29, 0.717) is 0 Å². The highest BCUT2D eigenvalue weighted by Gasteiger charge is 2.24. The Bertz CT molecular complexity index is 94.7. The van der Waals surface area contributed by atoms with E-state index < -0.39 is 0 Å². The lowest BCUT2D eigenvalue weighted by Gasteiger charge is -2.00. The Kier molecular flexibility index (Phi) is 0.577. The van der Waals surface area contributed by atoms with Gasteiger partial charge in [0, 0.05) is 12.6 Å². The lowest BCUT2D eigenvalue weighted by atomic mass is 10.2. The maximum Gasteiger partial charge on any atom is 0.0256 e. The van der Waals surface area contributed by atoms with Crippen LogP contribution in [0.25, 0.3) is 0 Å². The lowest BCUT2D eigenvalue weighted by molar-refractivity contribution is 0.714. The molecule has 38 valence electrons. The highest BCUT2D eigenvalue weighted by molar-refractivity contribution is 5.11. The average Bonchev–Trinajstić information content (AvgIpc) is 2.22. The van der Waals surface area contributed by atoms with Crippen molar-refractivity contribution in [2.75, 3.05) is 6.54 Å². The fourth-order valence-electron chi connectivity index (χ4n) is 1.38. The highest BCUT2D eigenvalue weighted by atomic mass is 15.0. The molecule has 2 bridgehead atoms. The van der Waals surface area contributed by atoms with Crippen LogP contribution in [0, 0.1) is 5.92 Å². The van der Waals surface area contributed by atoms with Crippen LogP contribution in [0.4, 0.5) is 0 Å². The number of nitrogens with one attached hydrogen (secondary N) is 1. The molecule has 0 aromatic rings. The van der Waals surface area contributed by atoms with Crippen molar-refractivity contribution in [1.29, 1.82) is 0 Å². The van der Waals surface area contributed by atoms with Crippen LogP contribution < -0.4 is 5.32 Å².